The fraction of sp³-hybridized carbons (Fsp3) is 0.0435. The normalized spacial score (nSPS) is 10.5. The van der Waals surface area contributed by atoms with Crippen molar-refractivity contribution in [2.75, 3.05) is 5.32 Å². The van der Waals surface area contributed by atoms with Crippen LogP contribution in [0.5, 0.6) is 5.75 Å². The molecule has 4 aromatic rings. The second-order valence-electron chi connectivity index (χ2n) is 6.37. The average molecular weight is 448 g/mol. The van der Waals surface area contributed by atoms with Gasteiger partial charge in [-0.3, -0.25) is 4.79 Å². The van der Waals surface area contributed by atoms with Crippen LogP contribution in [0.2, 0.25) is 0 Å². The molecule has 0 aliphatic carbocycles. The number of ether oxygens (including phenoxy) is 1. The Balaban J connectivity index is 1.36. The van der Waals surface area contributed by atoms with E-state index in [2.05, 4.69) is 38.5 Å². The molecule has 29 heavy (non-hydrogen) atoms. The molecule has 144 valence electrons. The maximum atomic E-state index is 12.5. The number of anilines is 1. The SMILES string of the molecule is O=C(Nc1ccc(-c2ccccc2)cc1)c1ccn(COc2ccc(Br)cc2)n1. The average Bonchev–Trinajstić information content (AvgIpc) is 3.24. The highest BCUT2D eigenvalue weighted by Crippen LogP contribution is 2.21. The van der Waals surface area contributed by atoms with Gasteiger partial charge in [0.2, 0.25) is 0 Å². The molecule has 3 aromatic carbocycles. The number of hydrogen-bond donors (Lipinski definition) is 1. The Bertz CT molecular complexity index is 1090. The smallest absolute Gasteiger partial charge is 0.276 e. The molecule has 0 saturated carbocycles. The van der Waals surface area contributed by atoms with Crippen LogP contribution in [-0.2, 0) is 6.73 Å². The Labute approximate surface area is 177 Å². The van der Waals surface area contributed by atoms with E-state index in [0.717, 1.165) is 27.0 Å². The zero-order chi connectivity index (χ0) is 20.1. The summed E-state index contributed by atoms with van der Waals surface area (Å²) in [7, 11) is 0. The maximum absolute atomic E-state index is 12.5. The molecule has 0 aliphatic rings. The summed E-state index contributed by atoms with van der Waals surface area (Å²) in [6.45, 7) is 0.223. The molecule has 4 rings (SSSR count). The summed E-state index contributed by atoms with van der Waals surface area (Å²) in [5, 5.41) is 7.14. The lowest BCUT2D eigenvalue weighted by Crippen LogP contribution is -2.14. The lowest BCUT2D eigenvalue weighted by atomic mass is 10.1. The molecule has 5 nitrogen and oxygen atoms in total. The highest BCUT2D eigenvalue weighted by molar-refractivity contribution is 9.10. The van der Waals surface area contributed by atoms with Gasteiger partial charge in [-0.15, -0.1) is 0 Å². The van der Waals surface area contributed by atoms with Crippen LogP contribution in [-0.4, -0.2) is 15.7 Å². The first-order valence-electron chi connectivity index (χ1n) is 9.06. The van der Waals surface area contributed by atoms with Crippen molar-refractivity contribution in [3.8, 4) is 16.9 Å². The largest absolute Gasteiger partial charge is 0.471 e. The number of aromatic nitrogens is 2. The number of hydrogen-bond acceptors (Lipinski definition) is 3. The Morgan fingerprint density at radius 2 is 1.59 bits per heavy atom. The molecule has 0 atom stereocenters. The monoisotopic (exact) mass is 447 g/mol. The molecule has 0 fully saturated rings. The van der Waals surface area contributed by atoms with E-state index in [1.165, 1.54) is 0 Å². The third-order valence-electron chi connectivity index (χ3n) is 4.30. The molecule has 1 amide bonds. The van der Waals surface area contributed by atoms with Crippen LogP contribution in [0.1, 0.15) is 10.5 Å². The van der Waals surface area contributed by atoms with Crippen LogP contribution in [0.3, 0.4) is 0 Å². The summed E-state index contributed by atoms with van der Waals surface area (Å²) in [5.41, 5.74) is 3.28. The molecule has 0 bridgehead atoms. The van der Waals surface area contributed by atoms with Crippen LogP contribution < -0.4 is 10.1 Å². The number of carbonyl (C=O) groups excluding carboxylic acids is 1. The molecule has 0 spiro atoms. The van der Waals surface area contributed by atoms with Gasteiger partial charge in [-0.2, -0.15) is 5.10 Å². The first-order valence-corrected chi connectivity index (χ1v) is 9.85. The number of halogens is 1. The Morgan fingerprint density at radius 1 is 0.897 bits per heavy atom. The van der Waals surface area contributed by atoms with Crippen molar-refractivity contribution in [3.63, 3.8) is 0 Å². The first kappa shape index (κ1) is 19.0. The van der Waals surface area contributed by atoms with E-state index in [-0.39, 0.29) is 12.6 Å². The Kier molecular flexibility index (Phi) is 5.72. The second-order valence-corrected chi connectivity index (χ2v) is 7.28. The van der Waals surface area contributed by atoms with Gasteiger partial charge in [0.1, 0.15) is 5.75 Å². The highest BCUT2D eigenvalue weighted by atomic mass is 79.9. The van der Waals surface area contributed by atoms with Gasteiger partial charge in [0.25, 0.3) is 5.91 Å². The quantitative estimate of drug-likeness (QED) is 0.418. The van der Waals surface area contributed by atoms with E-state index >= 15 is 0 Å². The van der Waals surface area contributed by atoms with Gasteiger partial charge in [0, 0.05) is 16.4 Å². The van der Waals surface area contributed by atoms with Gasteiger partial charge in [-0.25, -0.2) is 4.68 Å². The predicted octanol–water partition coefficient (Wildman–Crippen LogP) is 5.60. The molecule has 0 unspecified atom stereocenters. The number of rotatable bonds is 6. The van der Waals surface area contributed by atoms with Gasteiger partial charge >= 0.3 is 0 Å². The summed E-state index contributed by atoms with van der Waals surface area (Å²) in [4.78, 5) is 12.5. The number of benzene rings is 3. The van der Waals surface area contributed by atoms with Crippen molar-refractivity contribution in [2.45, 2.75) is 6.73 Å². The van der Waals surface area contributed by atoms with E-state index in [1.54, 1.807) is 16.9 Å². The van der Waals surface area contributed by atoms with E-state index in [9.17, 15) is 4.79 Å². The van der Waals surface area contributed by atoms with Crippen LogP contribution in [0.25, 0.3) is 11.1 Å². The Hall–Kier alpha value is -3.38. The lowest BCUT2D eigenvalue weighted by molar-refractivity contribution is 0.102. The van der Waals surface area contributed by atoms with Crippen molar-refractivity contribution in [2.24, 2.45) is 0 Å². The first-order chi connectivity index (χ1) is 14.2. The molecular weight excluding hydrogens is 430 g/mol. The zero-order valence-corrected chi connectivity index (χ0v) is 17.0. The van der Waals surface area contributed by atoms with Crippen LogP contribution in [0.15, 0.2) is 95.6 Å². The topological polar surface area (TPSA) is 56.2 Å². The standard InChI is InChI=1S/C23H18BrN3O2/c24-19-8-12-21(13-9-19)29-16-27-15-14-22(26-27)23(28)25-20-10-6-18(7-11-20)17-4-2-1-3-5-17/h1-15H,16H2,(H,25,28). The minimum Gasteiger partial charge on any atom is -0.471 e. The molecule has 0 saturated heterocycles. The summed E-state index contributed by atoms with van der Waals surface area (Å²) in [6, 6.07) is 27.0. The summed E-state index contributed by atoms with van der Waals surface area (Å²) in [6.07, 6.45) is 1.71. The van der Waals surface area contributed by atoms with E-state index in [1.807, 2.05) is 66.7 Å². The van der Waals surface area contributed by atoms with E-state index in [4.69, 9.17) is 4.74 Å². The fourth-order valence-corrected chi connectivity index (χ4v) is 3.06. The number of carbonyl (C=O) groups is 1. The van der Waals surface area contributed by atoms with Gasteiger partial charge < -0.3 is 10.1 Å². The number of amides is 1. The summed E-state index contributed by atoms with van der Waals surface area (Å²) in [5.74, 6) is 0.466. The molecule has 1 heterocycles. The van der Waals surface area contributed by atoms with Gasteiger partial charge in [-0.05, 0) is 53.6 Å². The second kappa shape index (κ2) is 8.75. The Morgan fingerprint density at radius 3 is 2.31 bits per heavy atom. The highest BCUT2D eigenvalue weighted by Gasteiger charge is 2.10. The van der Waals surface area contributed by atoms with Crippen LogP contribution >= 0.6 is 15.9 Å². The molecule has 6 heteroatoms. The minimum atomic E-state index is -0.264. The van der Waals surface area contributed by atoms with Gasteiger partial charge in [0.05, 0.1) is 0 Å². The van der Waals surface area contributed by atoms with Crippen molar-refractivity contribution in [1.29, 1.82) is 0 Å². The lowest BCUT2D eigenvalue weighted by Gasteiger charge is -2.07. The third-order valence-corrected chi connectivity index (χ3v) is 4.83. The van der Waals surface area contributed by atoms with Crippen molar-refractivity contribution in [1.82, 2.24) is 9.78 Å². The molecular formula is C23H18BrN3O2. The molecule has 0 aliphatic heterocycles. The minimum absolute atomic E-state index is 0.223. The fourth-order valence-electron chi connectivity index (χ4n) is 2.80. The summed E-state index contributed by atoms with van der Waals surface area (Å²) < 4.78 is 8.23. The predicted molar refractivity (Wildman–Crippen MR) is 117 cm³/mol. The number of nitrogens with one attached hydrogen (secondary N) is 1. The van der Waals surface area contributed by atoms with E-state index < -0.39 is 0 Å². The molecule has 1 aromatic heterocycles. The van der Waals surface area contributed by atoms with Gasteiger partial charge in [-0.1, -0.05) is 58.4 Å². The zero-order valence-electron chi connectivity index (χ0n) is 15.5. The molecule has 1 N–H and O–H groups in total. The van der Waals surface area contributed by atoms with Crippen molar-refractivity contribution < 1.29 is 9.53 Å². The van der Waals surface area contributed by atoms with Crippen molar-refractivity contribution in [3.05, 3.63) is 101 Å². The third kappa shape index (κ3) is 4.92. The number of nitrogens with zero attached hydrogens (tertiary/aromatic N) is 2. The van der Waals surface area contributed by atoms with Crippen LogP contribution in [0, 0.1) is 0 Å². The van der Waals surface area contributed by atoms with E-state index in [0.29, 0.717) is 5.69 Å². The van der Waals surface area contributed by atoms with Gasteiger partial charge in [0.15, 0.2) is 12.4 Å². The maximum Gasteiger partial charge on any atom is 0.276 e. The van der Waals surface area contributed by atoms with Crippen LogP contribution in [0.4, 0.5) is 5.69 Å². The van der Waals surface area contributed by atoms with Crippen molar-refractivity contribution >= 4 is 27.5 Å². The summed E-state index contributed by atoms with van der Waals surface area (Å²) >= 11 is 3.39. The molecule has 0 radical (unpaired) electrons.